The van der Waals surface area contributed by atoms with E-state index in [2.05, 4.69) is 4.98 Å². The van der Waals surface area contributed by atoms with Gasteiger partial charge in [0.25, 0.3) is 0 Å². The van der Waals surface area contributed by atoms with Crippen LogP contribution in [0.1, 0.15) is 32.3 Å². The highest BCUT2D eigenvalue weighted by Gasteiger charge is 2.40. The molecule has 1 unspecified atom stereocenters. The van der Waals surface area contributed by atoms with Gasteiger partial charge in [0.15, 0.2) is 0 Å². The van der Waals surface area contributed by atoms with E-state index in [1.54, 1.807) is 12.4 Å². The second kappa shape index (κ2) is 3.58. The van der Waals surface area contributed by atoms with Crippen molar-refractivity contribution in [2.45, 2.75) is 37.9 Å². The second-order valence-corrected chi connectivity index (χ2v) is 4.81. The normalized spacial score (nSPS) is 30.1. The van der Waals surface area contributed by atoms with E-state index < -0.39 is 5.60 Å². The quantitative estimate of drug-likeness (QED) is 0.764. The molecule has 0 saturated carbocycles. The minimum absolute atomic E-state index is 0.261. The largest absolute Gasteiger partial charge is 0.385 e. The first-order valence-corrected chi connectivity index (χ1v) is 5.29. The van der Waals surface area contributed by atoms with Gasteiger partial charge in [0.05, 0.1) is 17.8 Å². The van der Waals surface area contributed by atoms with E-state index in [-0.39, 0.29) is 5.60 Å². The van der Waals surface area contributed by atoms with Crippen molar-refractivity contribution in [1.82, 2.24) is 4.98 Å². The molecule has 1 aliphatic heterocycles. The molecule has 0 spiro atoms. The van der Waals surface area contributed by atoms with Gasteiger partial charge in [0.2, 0.25) is 0 Å². The number of rotatable bonds is 1. The van der Waals surface area contributed by atoms with Crippen molar-refractivity contribution in [2.75, 3.05) is 6.61 Å². The Morgan fingerprint density at radius 1 is 1.47 bits per heavy atom. The van der Waals surface area contributed by atoms with Crippen LogP contribution in [0.3, 0.4) is 0 Å². The van der Waals surface area contributed by atoms with Gasteiger partial charge in [-0.2, -0.15) is 0 Å². The molecule has 0 aromatic carbocycles. The average molecular weight is 207 g/mol. The molecule has 1 fully saturated rings. The molecule has 15 heavy (non-hydrogen) atoms. The number of aromatic nitrogens is 1. The van der Waals surface area contributed by atoms with Crippen LogP contribution in [0.4, 0.5) is 0 Å². The van der Waals surface area contributed by atoms with Gasteiger partial charge in [-0.25, -0.2) is 0 Å². The molecule has 3 heteroatoms. The SMILES string of the molecule is CC1(C)CC(O)(c2cccnc2)CCO1. The van der Waals surface area contributed by atoms with Gasteiger partial charge in [-0.3, -0.25) is 4.98 Å². The summed E-state index contributed by atoms with van der Waals surface area (Å²) in [5, 5.41) is 10.6. The molecule has 0 aliphatic carbocycles. The van der Waals surface area contributed by atoms with Crippen molar-refractivity contribution in [3.05, 3.63) is 30.1 Å². The Morgan fingerprint density at radius 3 is 2.87 bits per heavy atom. The van der Waals surface area contributed by atoms with Crippen LogP contribution in [-0.4, -0.2) is 22.3 Å². The first-order chi connectivity index (χ1) is 7.02. The summed E-state index contributed by atoms with van der Waals surface area (Å²) in [4.78, 5) is 4.05. The lowest BCUT2D eigenvalue weighted by molar-refractivity contribution is -0.148. The van der Waals surface area contributed by atoms with Crippen LogP contribution in [0.15, 0.2) is 24.5 Å². The van der Waals surface area contributed by atoms with Crippen molar-refractivity contribution in [2.24, 2.45) is 0 Å². The third kappa shape index (κ3) is 2.19. The molecule has 1 saturated heterocycles. The highest BCUT2D eigenvalue weighted by atomic mass is 16.5. The molecular formula is C12H17NO2. The summed E-state index contributed by atoms with van der Waals surface area (Å²) >= 11 is 0. The molecule has 1 aromatic rings. The van der Waals surface area contributed by atoms with E-state index in [1.165, 1.54) is 0 Å². The van der Waals surface area contributed by atoms with Crippen molar-refractivity contribution in [3.8, 4) is 0 Å². The van der Waals surface area contributed by atoms with Crippen LogP contribution in [-0.2, 0) is 10.3 Å². The molecule has 0 amide bonds. The van der Waals surface area contributed by atoms with E-state index in [1.807, 2.05) is 26.0 Å². The van der Waals surface area contributed by atoms with E-state index in [0.717, 1.165) is 5.56 Å². The third-order valence-electron chi connectivity index (χ3n) is 2.93. The molecule has 82 valence electrons. The van der Waals surface area contributed by atoms with Crippen molar-refractivity contribution in [3.63, 3.8) is 0 Å². The van der Waals surface area contributed by atoms with Crippen LogP contribution in [0.25, 0.3) is 0 Å². The maximum absolute atomic E-state index is 10.6. The van der Waals surface area contributed by atoms with Gasteiger partial charge in [0.1, 0.15) is 0 Å². The summed E-state index contributed by atoms with van der Waals surface area (Å²) in [6.07, 6.45) is 4.71. The number of ether oxygens (including phenoxy) is 1. The van der Waals surface area contributed by atoms with Gasteiger partial charge >= 0.3 is 0 Å². The minimum Gasteiger partial charge on any atom is -0.385 e. The molecule has 1 N–H and O–H groups in total. The maximum Gasteiger partial charge on any atom is 0.0960 e. The molecule has 2 rings (SSSR count). The number of hydrogen-bond acceptors (Lipinski definition) is 3. The summed E-state index contributed by atoms with van der Waals surface area (Å²) in [6.45, 7) is 4.61. The van der Waals surface area contributed by atoms with Gasteiger partial charge < -0.3 is 9.84 Å². The fraction of sp³-hybridized carbons (Fsp3) is 0.583. The number of aliphatic hydroxyl groups is 1. The van der Waals surface area contributed by atoms with E-state index >= 15 is 0 Å². The first-order valence-electron chi connectivity index (χ1n) is 5.29. The molecule has 0 bridgehead atoms. The molecule has 0 radical (unpaired) electrons. The molecule has 1 atom stereocenters. The predicted octanol–water partition coefficient (Wildman–Crippen LogP) is 1.86. The molecule has 2 heterocycles. The summed E-state index contributed by atoms with van der Waals surface area (Å²) in [5.74, 6) is 0. The lowest BCUT2D eigenvalue weighted by Crippen LogP contribution is -2.43. The Bertz CT molecular complexity index is 337. The zero-order valence-electron chi connectivity index (χ0n) is 9.23. The van der Waals surface area contributed by atoms with Crippen LogP contribution in [0.2, 0.25) is 0 Å². The fourth-order valence-electron chi connectivity index (χ4n) is 2.22. The van der Waals surface area contributed by atoms with E-state index in [0.29, 0.717) is 19.4 Å². The summed E-state index contributed by atoms with van der Waals surface area (Å²) in [6, 6.07) is 3.78. The summed E-state index contributed by atoms with van der Waals surface area (Å²) in [7, 11) is 0. The average Bonchev–Trinajstić information content (AvgIpc) is 2.17. The van der Waals surface area contributed by atoms with Crippen molar-refractivity contribution >= 4 is 0 Å². The van der Waals surface area contributed by atoms with E-state index in [4.69, 9.17) is 4.74 Å². The van der Waals surface area contributed by atoms with Crippen LogP contribution in [0, 0.1) is 0 Å². The Labute approximate surface area is 90.1 Å². The topological polar surface area (TPSA) is 42.4 Å². The van der Waals surface area contributed by atoms with Crippen molar-refractivity contribution < 1.29 is 9.84 Å². The zero-order valence-corrected chi connectivity index (χ0v) is 9.23. The highest BCUT2D eigenvalue weighted by Crippen LogP contribution is 2.38. The summed E-state index contributed by atoms with van der Waals surface area (Å²) < 4.78 is 5.60. The fourth-order valence-corrected chi connectivity index (χ4v) is 2.22. The molecule has 1 aromatic heterocycles. The predicted molar refractivity (Wildman–Crippen MR) is 57.4 cm³/mol. The summed E-state index contributed by atoms with van der Waals surface area (Å²) in [5.41, 5.74) is -0.153. The monoisotopic (exact) mass is 207 g/mol. The Balaban J connectivity index is 2.27. The van der Waals surface area contributed by atoms with Crippen LogP contribution < -0.4 is 0 Å². The van der Waals surface area contributed by atoms with Crippen LogP contribution >= 0.6 is 0 Å². The first kappa shape index (κ1) is 10.6. The van der Waals surface area contributed by atoms with Crippen molar-refractivity contribution in [1.29, 1.82) is 0 Å². The lowest BCUT2D eigenvalue weighted by atomic mass is 9.80. The standard InChI is InChI=1S/C12H17NO2/c1-11(2)9-12(14,5-7-15-11)10-4-3-6-13-8-10/h3-4,6,8,14H,5,7,9H2,1-2H3. The zero-order chi connectivity index (χ0) is 10.9. The second-order valence-electron chi connectivity index (χ2n) is 4.81. The molecular weight excluding hydrogens is 190 g/mol. The molecule has 1 aliphatic rings. The maximum atomic E-state index is 10.6. The minimum atomic E-state index is -0.782. The number of pyridine rings is 1. The van der Waals surface area contributed by atoms with Gasteiger partial charge in [-0.1, -0.05) is 6.07 Å². The third-order valence-corrected chi connectivity index (χ3v) is 2.93. The van der Waals surface area contributed by atoms with Gasteiger partial charge in [-0.15, -0.1) is 0 Å². The van der Waals surface area contributed by atoms with Gasteiger partial charge in [-0.05, 0) is 19.9 Å². The number of hydrogen-bond donors (Lipinski definition) is 1. The smallest absolute Gasteiger partial charge is 0.0960 e. The molecule has 3 nitrogen and oxygen atoms in total. The Kier molecular flexibility index (Phi) is 2.52. The lowest BCUT2D eigenvalue weighted by Gasteiger charge is -2.41. The Hall–Kier alpha value is -0.930. The number of nitrogens with zero attached hydrogens (tertiary/aromatic N) is 1. The Morgan fingerprint density at radius 2 is 2.27 bits per heavy atom. The van der Waals surface area contributed by atoms with Gasteiger partial charge in [0, 0.05) is 30.8 Å². The highest BCUT2D eigenvalue weighted by molar-refractivity contribution is 5.19. The van der Waals surface area contributed by atoms with E-state index in [9.17, 15) is 5.11 Å². The van der Waals surface area contributed by atoms with Crippen LogP contribution in [0.5, 0.6) is 0 Å².